The van der Waals surface area contributed by atoms with Gasteiger partial charge in [0.2, 0.25) is 0 Å². The Morgan fingerprint density at radius 2 is 1.68 bits per heavy atom. The summed E-state index contributed by atoms with van der Waals surface area (Å²) in [4.78, 5) is 24.7. The lowest BCUT2D eigenvalue weighted by molar-refractivity contribution is -0.274. The molecule has 0 unspecified atom stereocenters. The van der Waals surface area contributed by atoms with Crippen LogP contribution in [0.3, 0.4) is 0 Å². The molecule has 0 aromatic heterocycles. The fourth-order valence-corrected chi connectivity index (χ4v) is 2.88. The van der Waals surface area contributed by atoms with Gasteiger partial charge in [-0.25, -0.2) is 4.79 Å². The molecular weight excluding hydrogens is 399 g/mol. The Labute approximate surface area is 161 Å². The van der Waals surface area contributed by atoms with Crippen LogP contribution >= 0.6 is 0 Å². The highest BCUT2D eigenvalue weighted by atomic mass is 32.2. The summed E-state index contributed by atoms with van der Waals surface area (Å²) in [6, 6.07) is 10.6. The molecule has 2 aromatic rings. The van der Waals surface area contributed by atoms with E-state index in [9.17, 15) is 27.0 Å². The third-order valence-electron chi connectivity index (χ3n) is 3.43. The number of benzene rings is 2. The van der Waals surface area contributed by atoms with Gasteiger partial charge in [-0.1, -0.05) is 12.1 Å². The lowest BCUT2D eigenvalue weighted by Crippen LogP contribution is -2.30. The largest absolute Gasteiger partial charge is 0.573 e. The zero-order valence-electron chi connectivity index (χ0n) is 14.8. The van der Waals surface area contributed by atoms with Crippen LogP contribution in [0.15, 0.2) is 53.4 Å². The molecule has 2 rings (SSSR count). The summed E-state index contributed by atoms with van der Waals surface area (Å²) >= 11 is 0. The average molecular weight is 415 g/mol. The van der Waals surface area contributed by atoms with Gasteiger partial charge in [-0.05, 0) is 43.3 Å². The molecule has 0 spiro atoms. The zero-order chi connectivity index (χ0) is 20.9. The maximum atomic E-state index is 12.3. The summed E-state index contributed by atoms with van der Waals surface area (Å²) in [5, 5.41) is 2.41. The van der Waals surface area contributed by atoms with Gasteiger partial charge in [0.1, 0.15) is 5.75 Å². The van der Waals surface area contributed by atoms with E-state index in [0.717, 1.165) is 12.1 Å². The number of amides is 1. The number of halogens is 3. The Morgan fingerprint density at radius 3 is 2.25 bits per heavy atom. The van der Waals surface area contributed by atoms with Crippen molar-refractivity contribution >= 4 is 28.4 Å². The van der Waals surface area contributed by atoms with Gasteiger partial charge < -0.3 is 14.8 Å². The van der Waals surface area contributed by atoms with Gasteiger partial charge in [0, 0.05) is 11.9 Å². The van der Waals surface area contributed by atoms with Gasteiger partial charge in [-0.2, -0.15) is 0 Å². The molecule has 0 radical (unpaired) electrons. The van der Waals surface area contributed by atoms with Crippen LogP contribution < -0.4 is 10.1 Å². The second-order valence-electron chi connectivity index (χ2n) is 5.56. The Morgan fingerprint density at radius 1 is 1.07 bits per heavy atom. The van der Waals surface area contributed by atoms with Crippen molar-refractivity contribution in [1.82, 2.24) is 0 Å². The smallest absolute Gasteiger partial charge is 0.449 e. The molecule has 0 fully saturated rings. The van der Waals surface area contributed by atoms with E-state index >= 15 is 0 Å². The first-order valence-corrected chi connectivity index (χ1v) is 9.43. The van der Waals surface area contributed by atoms with Gasteiger partial charge in [0.25, 0.3) is 5.91 Å². The maximum Gasteiger partial charge on any atom is 0.573 e. The SMILES string of the molecule is C[C@H](OC(=O)c1ccccc1[S@](C)=O)C(=O)Nc1ccc(OC(F)(F)F)cc1. The van der Waals surface area contributed by atoms with E-state index in [1.165, 1.54) is 37.4 Å². The van der Waals surface area contributed by atoms with Crippen molar-refractivity contribution < 1.29 is 36.4 Å². The molecule has 0 aliphatic carbocycles. The van der Waals surface area contributed by atoms with Gasteiger partial charge in [0.15, 0.2) is 6.10 Å². The first kappa shape index (κ1) is 21.4. The van der Waals surface area contributed by atoms with Gasteiger partial charge >= 0.3 is 12.3 Å². The van der Waals surface area contributed by atoms with Crippen molar-refractivity contribution in [2.24, 2.45) is 0 Å². The number of anilines is 1. The first-order chi connectivity index (χ1) is 13.1. The van der Waals surface area contributed by atoms with Crippen LogP contribution in [0.1, 0.15) is 17.3 Å². The number of hydrogen-bond donors (Lipinski definition) is 1. The van der Waals surface area contributed by atoms with E-state index in [-0.39, 0.29) is 16.1 Å². The number of hydrogen-bond acceptors (Lipinski definition) is 5. The predicted octanol–water partition coefficient (Wildman–Crippen LogP) is 3.51. The minimum Gasteiger partial charge on any atom is -0.449 e. The molecule has 0 heterocycles. The molecule has 0 saturated carbocycles. The lowest BCUT2D eigenvalue weighted by atomic mass is 10.2. The monoisotopic (exact) mass is 415 g/mol. The Bertz CT molecular complexity index is 884. The minimum atomic E-state index is -4.81. The molecule has 2 aromatic carbocycles. The van der Waals surface area contributed by atoms with Crippen molar-refractivity contribution in [3.8, 4) is 5.75 Å². The van der Waals surface area contributed by atoms with Crippen LogP contribution in [0.25, 0.3) is 0 Å². The highest BCUT2D eigenvalue weighted by molar-refractivity contribution is 7.84. The number of ether oxygens (including phenoxy) is 2. The van der Waals surface area contributed by atoms with Crippen molar-refractivity contribution in [3.05, 3.63) is 54.1 Å². The third-order valence-corrected chi connectivity index (χ3v) is 4.40. The first-order valence-electron chi connectivity index (χ1n) is 7.87. The molecule has 0 saturated heterocycles. The molecule has 6 nitrogen and oxygen atoms in total. The third kappa shape index (κ3) is 6.08. The van der Waals surface area contributed by atoms with E-state index in [0.29, 0.717) is 0 Å². The number of esters is 1. The van der Waals surface area contributed by atoms with Gasteiger partial charge in [-0.3, -0.25) is 9.00 Å². The summed E-state index contributed by atoms with van der Waals surface area (Å²) in [6.07, 6.45) is -4.60. The molecule has 0 aliphatic heterocycles. The van der Waals surface area contributed by atoms with E-state index in [4.69, 9.17) is 4.74 Å². The number of alkyl halides is 3. The highest BCUT2D eigenvalue weighted by Gasteiger charge is 2.31. The number of nitrogens with one attached hydrogen (secondary N) is 1. The van der Waals surface area contributed by atoms with E-state index in [1.807, 2.05) is 0 Å². The Hall–Kier alpha value is -2.88. The molecule has 0 bridgehead atoms. The van der Waals surface area contributed by atoms with Crippen molar-refractivity contribution in [1.29, 1.82) is 0 Å². The zero-order valence-corrected chi connectivity index (χ0v) is 15.6. The summed E-state index contributed by atoms with van der Waals surface area (Å²) in [5.74, 6) is -1.94. The van der Waals surface area contributed by atoms with Gasteiger partial charge in [-0.15, -0.1) is 13.2 Å². The number of rotatable bonds is 6. The van der Waals surface area contributed by atoms with Crippen LogP contribution in [0.2, 0.25) is 0 Å². The van der Waals surface area contributed by atoms with Crippen LogP contribution in [-0.4, -0.2) is 34.8 Å². The summed E-state index contributed by atoms with van der Waals surface area (Å²) in [5.41, 5.74) is 0.272. The molecule has 0 aliphatic rings. The Balaban J connectivity index is 1.99. The molecule has 1 amide bonds. The van der Waals surface area contributed by atoms with Crippen LogP contribution in [-0.2, 0) is 20.3 Å². The fraction of sp³-hybridized carbons (Fsp3) is 0.222. The Kier molecular flexibility index (Phi) is 6.79. The van der Waals surface area contributed by atoms with Crippen molar-refractivity contribution in [3.63, 3.8) is 0 Å². The van der Waals surface area contributed by atoms with Gasteiger partial charge in [0.05, 0.1) is 21.3 Å². The fourth-order valence-electron chi connectivity index (χ4n) is 2.15. The predicted molar refractivity (Wildman–Crippen MR) is 95.4 cm³/mol. The highest BCUT2D eigenvalue weighted by Crippen LogP contribution is 2.24. The quantitative estimate of drug-likeness (QED) is 0.731. The maximum absolute atomic E-state index is 12.3. The second-order valence-corrected chi connectivity index (χ2v) is 6.91. The van der Waals surface area contributed by atoms with E-state index in [1.54, 1.807) is 12.1 Å². The summed E-state index contributed by atoms with van der Waals surface area (Å²) in [6.45, 7) is 1.33. The number of carbonyl (C=O) groups is 2. The standard InChI is InChI=1S/C18H16F3NO5S/c1-11(26-17(24)14-5-3-4-6-15(14)28(2)25)16(23)22-12-7-9-13(10-8-12)27-18(19,20)21/h3-11H,1-2H3,(H,22,23)/t11-,28-/m0/s1. The summed E-state index contributed by atoms with van der Waals surface area (Å²) in [7, 11) is -1.42. The normalized spacial score (nSPS) is 13.3. The summed E-state index contributed by atoms with van der Waals surface area (Å²) < 4.78 is 56.9. The average Bonchev–Trinajstić information content (AvgIpc) is 2.62. The van der Waals surface area contributed by atoms with Crippen LogP contribution in [0.4, 0.5) is 18.9 Å². The lowest BCUT2D eigenvalue weighted by Gasteiger charge is -2.15. The molecule has 150 valence electrons. The molecule has 10 heteroatoms. The van der Waals surface area contributed by atoms with E-state index < -0.39 is 40.9 Å². The topological polar surface area (TPSA) is 81.7 Å². The van der Waals surface area contributed by atoms with Crippen molar-refractivity contribution in [2.75, 3.05) is 11.6 Å². The molecule has 28 heavy (non-hydrogen) atoms. The van der Waals surface area contributed by atoms with Crippen LogP contribution in [0.5, 0.6) is 5.75 Å². The number of carbonyl (C=O) groups excluding carboxylic acids is 2. The van der Waals surface area contributed by atoms with Crippen molar-refractivity contribution in [2.45, 2.75) is 24.3 Å². The molecule has 1 N–H and O–H groups in total. The van der Waals surface area contributed by atoms with Crippen LogP contribution in [0, 0.1) is 0 Å². The molecule has 2 atom stereocenters. The molecular formula is C18H16F3NO5S. The minimum absolute atomic E-state index is 0.0802. The van der Waals surface area contributed by atoms with E-state index in [2.05, 4.69) is 10.1 Å². The second kappa shape index (κ2) is 8.87.